The van der Waals surface area contributed by atoms with Crippen LogP contribution in [0.2, 0.25) is 0 Å². The smallest absolute Gasteiger partial charge is 0.241 e. The summed E-state index contributed by atoms with van der Waals surface area (Å²) in [6.45, 7) is 0. The van der Waals surface area contributed by atoms with Crippen molar-refractivity contribution in [1.29, 1.82) is 0 Å². The lowest BCUT2D eigenvalue weighted by Gasteiger charge is -1.72. The summed E-state index contributed by atoms with van der Waals surface area (Å²) in [5.74, 6) is 0. The molecule has 0 aliphatic rings. The maximum Gasteiger partial charge on any atom is 0.392 e. The Morgan fingerprint density at radius 1 is 1.62 bits per heavy atom. The number of halogens is 1. The Hall–Kier alpha value is -1.20. The van der Waals surface area contributed by atoms with E-state index in [4.69, 9.17) is 0 Å². The standard InChI is InChI=1S/C2H3FN4O/c1-6-2(8)7(3)5-4-6/h1H3. The van der Waals surface area contributed by atoms with Crippen molar-refractivity contribution in [3.8, 4) is 0 Å². The van der Waals surface area contributed by atoms with Crippen LogP contribution < -0.4 is 5.69 Å². The zero-order valence-electron chi connectivity index (χ0n) is 4.08. The fourth-order valence-electron chi connectivity index (χ4n) is 0.291. The number of tetrazole rings is 1. The molecule has 0 saturated heterocycles. The molecule has 8 heavy (non-hydrogen) atoms. The number of rotatable bonds is 0. The van der Waals surface area contributed by atoms with E-state index in [-0.39, 0.29) is 4.90 Å². The Bertz CT molecular complexity index is 214. The summed E-state index contributed by atoms with van der Waals surface area (Å²) in [5, 5.41) is 5.82. The minimum atomic E-state index is -0.870. The van der Waals surface area contributed by atoms with Gasteiger partial charge in [0, 0.05) is 7.05 Å². The first-order valence-electron chi connectivity index (χ1n) is 1.87. The van der Waals surface area contributed by atoms with Gasteiger partial charge >= 0.3 is 5.69 Å². The molecule has 0 aromatic carbocycles. The zero-order valence-corrected chi connectivity index (χ0v) is 4.08. The van der Waals surface area contributed by atoms with Crippen LogP contribution in [0, 0.1) is 0 Å². The van der Waals surface area contributed by atoms with Crippen LogP contribution in [0.25, 0.3) is 0 Å². The van der Waals surface area contributed by atoms with Crippen LogP contribution in [-0.2, 0) is 7.05 Å². The molecule has 0 saturated carbocycles. The molecule has 0 N–H and O–H groups in total. The van der Waals surface area contributed by atoms with Crippen molar-refractivity contribution in [3.05, 3.63) is 10.5 Å². The molecular weight excluding hydrogens is 115 g/mol. The lowest BCUT2D eigenvalue weighted by Crippen LogP contribution is -2.18. The topological polar surface area (TPSA) is 52.7 Å². The highest BCUT2D eigenvalue weighted by molar-refractivity contribution is 4.47. The molecule has 0 radical (unpaired) electrons. The average Bonchev–Trinajstić information content (AvgIpc) is 1.98. The van der Waals surface area contributed by atoms with Gasteiger partial charge in [-0.2, -0.15) is 4.68 Å². The van der Waals surface area contributed by atoms with E-state index in [2.05, 4.69) is 10.4 Å². The average molecular weight is 118 g/mol. The van der Waals surface area contributed by atoms with Crippen LogP contribution in [0.5, 0.6) is 0 Å². The minimum Gasteiger partial charge on any atom is -0.241 e. The van der Waals surface area contributed by atoms with Gasteiger partial charge in [0.2, 0.25) is 0 Å². The van der Waals surface area contributed by atoms with Crippen molar-refractivity contribution in [1.82, 2.24) is 20.0 Å². The summed E-state index contributed by atoms with van der Waals surface area (Å²) >= 11 is 0. The van der Waals surface area contributed by atoms with E-state index in [9.17, 15) is 9.28 Å². The van der Waals surface area contributed by atoms with Crippen LogP contribution in [0.1, 0.15) is 0 Å². The predicted octanol–water partition coefficient (Wildman–Crippen LogP) is -1.29. The van der Waals surface area contributed by atoms with E-state index >= 15 is 0 Å². The first kappa shape index (κ1) is 4.95. The van der Waals surface area contributed by atoms with Gasteiger partial charge < -0.3 is 0 Å². The monoisotopic (exact) mass is 118 g/mol. The number of hydrogen-bond donors (Lipinski definition) is 0. The summed E-state index contributed by atoms with van der Waals surface area (Å²) in [7, 11) is 1.31. The molecule has 5 nitrogen and oxygen atoms in total. The minimum absolute atomic E-state index is 0.333. The molecule has 0 aliphatic carbocycles. The van der Waals surface area contributed by atoms with E-state index in [1.54, 1.807) is 0 Å². The summed E-state index contributed by atoms with van der Waals surface area (Å²) in [5.41, 5.74) is -0.870. The normalized spacial score (nSPS) is 9.75. The van der Waals surface area contributed by atoms with Crippen molar-refractivity contribution in [2.45, 2.75) is 0 Å². The zero-order chi connectivity index (χ0) is 6.15. The van der Waals surface area contributed by atoms with Gasteiger partial charge in [-0.15, -0.1) is 0 Å². The van der Waals surface area contributed by atoms with Gasteiger partial charge in [-0.05, 0) is 15.3 Å². The lowest BCUT2D eigenvalue weighted by molar-refractivity contribution is 0.293. The number of aromatic nitrogens is 4. The van der Waals surface area contributed by atoms with Crippen molar-refractivity contribution >= 4 is 0 Å². The molecule has 1 aromatic rings. The first-order valence-corrected chi connectivity index (χ1v) is 1.87. The Kier molecular flexibility index (Phi) is 0.860. The molecule has 0 unspecified atom stereocenters. The summed E-state index contributed by atoms with van der Waals surface area (Å²) in [6, 6.07) is 0. The SMILES string of the molecule is Cn1nnn(F)c1=O. The van der Waals surface area contributed by atoms with Crippen molar-refractivity contribution in [2.75, 3.05) is 0 Å². The fourth-order valence-corrected chi connectivity index (χ4v) is 0.291. The Morgan fingerprint density at radius 2 is 2.25 bits per heavy atom. The van der Waals surface area contributed by atoms with Crippen LogP contribution in [-0.4, -0.2) is 20.0 Å². The molecule has 0 aliphatic heterocycles. The molecule has 44 valence electrons. The number of aryl methyl sites for hydroxylation is 1. The van der Waals surface area contributed by atoms with E-state index in [0.29, 0.717) is 0 Å². The highest BCUT2D eigenvalue weighted by Crippen LogP contribution is 1.63. The van der Waals surface area contributed by atoms with Gasteiger partial charge in [-0.1, -0.05) is 4.48 Å². The van der Waals surface area contributed by atoms with Crippen LogP contribution in [0.4, 0.5) is 4.48 Å². The summed E-state index contributed by atoms with van der Waals surface area (Å²) in [6.07, 6.45) is 0. The fraction of sp³-hybridized carbons (Fsp3) is 0.500. The molecule has 0 fully saturated rings. The molecule has 6 heteroatoms. The molecule has 1 aromatic heterocycles. The van der Waals surface area contributed by atoms with Gasteiger partial charge in [0.05, 0.1) is 0 Å². The summed E-state index contributed by atoms with van der Waals surface area (Å²) < 4.78 is 12.5. The van der Waals surface area contributed by atoms with E-state index < -0.39 is 5.69 Å². The van der Waals surface area contributed by atoms with Crippen LogP contribution in [0.15, 0.2) is 4.79 Å². The first-order chi connectivity index (χ1) is 3.72. The molecule has 0 amide bonds. The van der Waals surface area contributed by atoms with Crippen LogP contribution in [0.3, 0.4) is 0 Å². The molecule has 0 atom stereocenters. The Morgan fingerprint density at radius 3 is 2.38 bits per heavy atom. The van der Waals surface area contributed by atoms with Gasteiger partial charge in [0.25, 0.3) is 0 Å². The van der Waals surface area contributed by atoms with E-state index in [0.717, 1.165) is 4.68 Å². The van der Waals surface area contributed by atoms with Gasteiger partial charge in [0.15, 0.2) is 0 Å². The van der Waals surface area contributed by atoms with Crippen LogP contribution >= 0.6 is 0 Å². The predicted molar refractivity (Wildman–Crippen MR) is 21.8 cm³/mol. The quantitative estimate of drug-likeness (QED) is 0.426. The van der Waals surface area contributed by atoms with Gasteiger partial charge in [-0.25, -0.2) is 4.79 Å². The second kappa shape index (κ2) is 1.39. The molecule has 0 bridgehead atoms. The molecule has 1 heterocycles. The van der Waals surface area contributed by atoms with Crippen molar-refractivity contribution in [2.24, 2.45) is 7.05 Å². The Labute approximate surface area is 43.3 Å². The van der Waals surface area contributed by atoms with E-state index in [1.165, 1.54) is 7.05 Å². The molecule has 0 spiro atoms. The van der Waals surface area contributed by atoms with Gasteiger partial charge in [-0.3, -0.25) is 0 Å². The van der Waals surface area contributed by atoms with Gasteiger partial charge in [0.1, 0.15) is 0 Å². The molecular formula is C2H3FN4O. The largest absolute Gasteiger partial charge is 0.392 e. The maximum absolute atomic E-state index is 11.7. The van der Waals surface area contributed by atoms with E-state index in [1.807, 2.05) is 0 Å². The number of hydrogen-bond acceptors (Lipinski definition) is 3. The maximum atomic E-state index is 11.7. The lowest BCUT2D eigenvalue weighted by atomic mass is 11.2. The highest BCUT2D eigenvalue weighted by Gasteiger charge is 1.97. The Balaban J connectivity index is 3.42. The number of nitrogens with zero attached hydrogens (tertiary/aromatic N) is 4. The van der Waals surface area contributed by atoms with Crippen molar-refractivity contribution in [3.63, 3.8) is 0 Å². The second-order valence-corrected chi connectivity index (χ2v) is 1.25. The second-order valence-electron chi connectivity index (χ2n) is 1.25. The summed E-state index contributed by atoms with van der Waals surface area (Å²) in [4.78, 5) is 9.86. The van der Waals surface area contributed by atoms with Crippen molar-refractivity contribution < 1.29 is 4.48 Å². The third kappa shape index (κ3) is 0.498. The highest BCUT2D eigenvalue weighted by atomic mass is 19.2. The third-order valence-electron chi connectivity index (χ3n) is 0.687. The third-order valence-corrected chi connectivity index (χ3v) is 0.687. The molecule has 1 rings (SSSR count).